The fraction of sp³-hybridized carbons (Fsp3) is 0.333. The number of carboxylic acids is 1. The number of nitrogens with two attached hydrogens (primary N) is 1. The first-order valence-electron chi connectivity index (χ1n) is 17.6. The van der Waals surface area contributed by atoms with Crippen LogP contribution in [0.25, 0.3) is 11.0 Å². The van der Waals surface area contributed by atoms with Gasteiger partial charge in [0.1, 0.15) is 15.0 Å². The van der Waals surface area contributed by atoms with Gasteiger partial charge in [-0.2, -0.15) is 4.99 Å². The number of halogens is 2. The predicted octanol–water partition coefficient (Wildman–Crippen LogP) is 7.39. The first-order valence-corrected chi connectivity index (χ1v) is 19.2. The Bertz CT molecular complexity index is 2090. The van der Waals surface area contributed by atoms with Crippen LogP contribution in [-0.2, 0) is 6.42 Å². The number of benzene rings is 2. The molecule has 53 heavy (non-hydrogen) atoms. The zero-order chi connectivity index (χ0) is 37.5. The van der Waals surface area contributed by atoms with E-state index in [2.05, 4.69) is 79.5 Å². The number of aromatic carboxylic acids is 1. The molecule has 0 bridgehead atoms. The Morgan fingerprint density at radius 1 is 0.755 bits per heavy atom. The van der Waals surface area contributed by atoms with Crippen LogP contribution in [0.5, 0.6) is 0 Å². The van der Waals surface area contributed by atoms with E-state index in [0.717, 1.165) is 73.9 Å². The quantitative estimate of drug-likeness (QED) is 0.133. The minimum absolute atomic E-state index is 0.137. The molecule has 14 heteroatoms. The van der Waals surface area contributed by atoms with Gasteiger partial charge in [0.15, 0.2) is 0 Å². The summed E-state index contributed by atoms with van der Waals surface area (Å²) >= 11 is 6.36. The predicted molar refractivity (Wildman–Crippen MR) is 211 cm³/mol. The van der Waals surface area contributed by atoms with Gasteiger partial charge in [-0.25, -0.2) is 19.7 Å². The Hall–Kier alpha value is -4.50. The van der Waals surface area contributed by atoms with Crippen molar-refractivity contribution in [3.8, 4) is 0 Å². The first-order chi connectivity index (χ1) is 25.6. The van der Waals surface area contributed by atoms with Gasteiger partial charge in [0.25, 0.3) is 5.91 Å². The third-order valence-corrected chi connectivity index (χ3v) is 10.6. The van der Waals surface area contributed by atoms with E-state index in [1.54, 1.807) is 18.3 Å². The normalized spacial score (nSPS) is 21.6. The maximum absolute atomic E-state index is 12.7. The minimum Gasteiger partial charge on any atom is -0.478 e. The molecule has 8 rings (SSSR count). The van der Waals surface area contributed by atoms with E-state index >= 15 is 0 Å². The van der Waals surface area contributed by atoms with Crippen LogP contribution in [0.3, 0.4) is 0 Å². The molecule has 2 saturated carbocycles. The van der Waals surface area contributed by atoms with E-state index in [1.165, 1.54) is 23.9 Å². The molecule has 2 fully saturated rings. The number of aromatic nitrogens is 4. The lowest BCUT2D eigenvalue weighted by Gasteiger charge is -2.35. The number of amidine groups is 1. The molecular weight excluding hydrogens is 806 g/mol. The molecule has 2 aromatic carbocycles. The van der Waals surface area contributed by atoms with Gasteiger partial charge in [-0.05, 0) is 131 Å². The fourth-order valence-electron chi connectivity index (χ4n) is 7.12. The highest BCUT2D eigenvalue weighted by atomic mass is 79.9. The summed E-state index contributed by atoms with van der Waals surface area (Å²) in [5, 5.41) is 27.8. The van der Waals surface area contributed by atoms with Crippen LogP contribution in [0.15, 0.2) is 99.4 Å². The van der Waals surface area contributed by atoms with Gasteiger partial charge in [0, 0.05) is 42.1 Å². The summed E-state index contributed by atoms with van der Waals surface area (Å²) in [4.78, 5) is 41.9. The topological polar surface area (TPSA) is 180 Å². The maximum atomic E-state index is 12.7. The Morgan fingerprint density at radius 3 is 1.94 bits per heavy atom. The average molecular weight is 848 g/mol. The number of amides is 1. The molecular formula is C39H41Br2N7O5. The third kappa shape index (κ3) is 9.55. The van der Waals surface area contributed by atoms with E-state index in [4.69, 9.17) is 10.8 Å². The lowest BCUT2D eigenvalue weighted by atomic mass is 9.92. The molecule has 276 valence electrons. The summed E-state index contributed by atoms with van der Waals surface area (Å²) in [5.41, 5.74) is 11.2. The van der Waals surface area contributed by atoms with E-state index in [1.807, 2.05) is 30.3 Å². The molecule has 0 radical (unpaired) electrons. The standard InChI is InChI=1S/C20H20BrN3O2.C13H17N3O.C6H4BrNO2/c21-18-11-14(9-10-22-18)20(26)23-19-12-13-3-1-2-4-17(13)24(19)15-5-7-16(25)8-6-15;14-13-15-11-3-1-2-4-12(11)16(13)9-5-7-10(17)8-6-9;7-5-3-4(6(9)10)1-2-8-5/h1-4,9-11,15-16,25H,5-8,12H2;1-4,9-10,17H,5-8H2,(H2,14,15);1-3H,(H,9,10). The number of para-hydroxylation sites is 3. The van der Waals surface area contributed by atoms with E-state index < -0.39 is 5.97 Å². The molecule has 0 spiro atoms. The number of hydrogen-bond acceptors (Lipinski definition) is 8. The number of imidazole rings is 1. The number of carbonyl (C=O) groups is 2. The monoisotopic (exact) mass is 845 g/mol. The number of aliphatic hydroxyl groups is 2. The molecule has 0 saturated heterocycles. The molecule has 5 N–H and O–H groups in total. The van der Waals surface area contributed by atoms with Crippen LogP contribution in [0.4, 0.5) is 11.6 Å². The maximum Gasteiger partial charge on any atom is 0.335 e. The van der Waals surface area contributed by atoms with Crippen LogP contribution >= 0.6 is 31.9 Å². The summed E-state index contributed by atoms with van der Waals surface area (Å²) in [6.45, 7) is 0. The van der Waals surface area contributed by atoms with Gasteiger partial charge in [-0.3, -0.25) is 4.79 Å². The van der Waals surface area contributed by atoms with Crippen molar-refractivity contribution in [3.05, 3.63) is 111 Å². The SMILES string of the molecule is Nc1nc2ccccc2n1C1CCC(O)CC1.O=C(N=C1Cc2ccccc2N1C1CCC(O)CC1)c1ccnc(Br)c1.O=C(O)c1ccnc(Br)c1. The summed E-state index contributed by atoms with van der Waals surface area (Å²) < 4.78 is 3.28. The highest BCUT2D eigenvalue weighted by Crippen LogP contribution is 2.36. The number of rotatable bonds is 4. The lowest BCUT2D eigenvalue weighted by Crippen LogP contribution is -2.41. The Labute approximate surface area is 324 Å². The molecule has 4 heterocycles. The van der Waals surface area contributed by atoms with Gasteiger partial charge in [0.2, 0.25) is 5.95 Å². The van der Waals surface area contributed by atoms with Crippen molar-refractivity contribution < 1.29 is 24.9 Å². The van der Waals surface area contributed by atoms with Crippen LogP contribution < -0.4 is 10.6 Å². The number of anilines is 2. The number of carbonyl (C=O) groups excluding carboxylic acids is 1. The third-order valence-electron chi connectivity index (χ3n) is 9.74. The summed E-state index contributed by atoms with van der Waals surface area (Å²) in [6, 6.07) is 23.2. The molecule has 5 aromatic rings. The largest absolute Gasteiger partial charge is 0.478 e. The van der Waals surface area contributed by atoms with Gasteiger partial charge >= 0.3 is 5.97 Å². The zero-order valence-corrected chi connectivity index (χ0v) is 32.1. The van der Waals surface area contributed by atoms with Crippen molar-refractivity contribution in [3.63, 3.8) is 0 Å². The second kappa shape index (κ2) is 17.5. The van der Waals surface area contributed by atoms with Crippen LogP contribution in [0.2, 0.25) is 0 Å². The molecule has 1 aliphatic heterocycles. The van der Waals surface area contributed by atoms with E-state index in [9.17, 15) is 19.8 Å². The number of pyridine rings is 2. The number of nitrogens with zero attached hydrogens (tertiary/aromatic N) is 6. The number of nitrogen functional groups attached to an aromatic ring is 1. The Kier molecular flexibility index (Phi) is 12.7. The summed E-state index contributed by atoms with van der Waals surface area (Å²) in [6.07, 6.45) is 10.4. The van der Waals surface area contributed by atoms with Crippen molar-refractivity contribution in [1.82, 2.24) is 19.5 Å². The molecule has 3 aromatic heterocycles. The van der Waals surface area contributed by atoms with Crippen molar-refractivity contribution in [2.24, 2.45) is 4.99 Å². The smallest absolute Gasteiger partial charge is 0.335 e. The minimum atomic E-state index is -0.942. The van der Waals surface area contributed by atoms with Gasteiger partial charge in [-0.1, -0.05) is 30.3 Å². The van der Waals surface area contributed by atoms with E-state index in [0.29, 0.717) is 33.2 Å². The average Bonchev–Trinajstić information content (AvgIpc) is 3.69. The summed E-state index contributed by atoms with van der Waals surface area (Å²) in [7, 11) is 0. The molecule has 3 aliphatic rings. The molecule has 12 nitrogen and oxygen atoms in total. The molecule has 1 amide bonds. The van der Waals surface area contributed by atoms with E-state index in [-0.39, 0.29) is 29.7 Å². The van der Waals surface area contributed by atoms with Crippen molar-refractivity contribution in [2.75, 3.05) is 10.6 Å². The van der Waals surface area contributed by atoms with Crippen LogP contribution in [0, 0.1) is 0 Å². The molecule has 0 unspecified atom stereocenters. The second-order valence-corrected chi connectivity index (χ2v) is 14.9. The van der Waals surface area contributed by atoms with Crippen molar-refractivity contribution in [1.29, 1.82) is 0 Å². The second-order valence-electron chi connectivity index (χ2n) is 13.3. The van der Waals surface area contributed by atoms with Crippen molar-refractivity contribution in [2.45, 2.75) is 82.1 Å². The lowest BCUT2D eigenvalue weighted by molar-refractivity contribution is 0.0696. The Morgan fingerprint density at radius 2 is 1.32 bits per heavy atom. The highest BCUT2D eigenvalue weighted by Gasteiger charge is 2.34. The van der Waals surface area contributed by atoms with Gasteiger partial charge in [-0.15, -0.1) is 0 Å². The van der Waals surface area contributed by atoms with Gasteiger partial charge in [0.05, 0.1) is 28.8 Å². The van der Waals surface area contributed by atoms with Crippen LogP contribution in [0.1, 0.15) is 83.7 Å². The summed E-state index contributed by atoms with van der Waals surface area (Å²) in [5.74, 6) is 0.193. The number of carboxylic acid groups (broad SMARTS) is 1. The number of aliphatic hydroxyl groups excluding tert-OH is 2. The Balaban J connectivity index is 0.000000152. The highest BCUT2D eigenvalue weighted by molar-refractivity contribution is 9.10. The molecule has 2 aliphatic carbocycles. The molecule has 0 atom stereocenters. The number of aliphatic imine (C=N–C) groups is 1. The zero-order valence-electron chi connectivity index (χ0n) is 28.9. The van der Waals surface area contributed by atoms with Gasteiger partial charge < -0.3 is 30.5 Å². The van der Waals surface area contributed by atoms with Crippen molar-refractivity contribution >= 4 is 72.2 Å². The first kappa shape index (κ1) is 38.2. The number of fused-ring (bicyclic) bond motifs is 2. The van der Waals surface area contributed by atoms with Crippen LogP contribution in [-0.4, -0.2) is 70.8 Å². The fourth-order valence-corrected chi connectivity index (χ4v) is 7.85. The number of hydrogen-bond donors (Lipinski definition) is 4.